The number of nitro groups is 1. The first-order chi connectivity index (χ1) is 9.16. The van der Waals surface area contributed by atoms with E-state index in [0.717, 1.165) is 25.8 Å². The van der Waals surface area contributed by atoms with Crippen LogP contribution in [0.1, 0.15) is 19.3 Å². The Morgan fingerprint density at radius 1 is 1.42 bits per heavy atom. The fraction of sp³-hybridized carbons (Fsp3) is 0.583. The molecule has 2 N–H and O–H groups in total. The minimum atomic E-state index is -0.556. The average Bonchev–Trinajstić information content (AvgIpc) is 2.39. The molecular weight excluding hydrogens is 248 g/mol. The molecule has 0 spiro atoms. The number of rotatable bonds is 5. The molecule has 0 saturated carbocycles. The number of hydrogen-bond acceptors (Lipinski definition) is 6. The number of pyridine rings is 1. The summed E-state index contributed by atoms with van der Waals surface area (Å²) in [6.07, 6.45) is 4.91. The Kier molecular flexibility index (Phi) is 4.51. The van der Waals surface area contributed by atoms with E-state index in [0.29, 0.717) is 12.5 Å². The van der Waals surface area contributed by atoms with Crippen molar-refractivity contribution in [3.05, 3.63) is 22.4 Å². The van der Waals surface area contributed by atoms with Gasteiger partial charge in [0.15, 0.2) is 0 Å². The first kappa shape index (κ1) is 13.5. The van der Waals surface area contributed by atoms with E-state index >= 15 is 0 Å². The van der Waals surface area contributed by atoms with Gasteiger partial charge >= 0.3 is 5.69 Å². The van der Waals surface area contributed by atoms with Gasteiger partial charge in [-0.25, -0.2) is 4.98 Å². The highest BCUT2D eigenvalue weighted by Crippen LogP contribution is 2.23. The van der Waals surface area contributed by atoms with E-state index in [9.17, 15) is 10.1 Å². The van der Waals surface area contributed by atoms with Crippen molar-refractivity contribution in [3.63, 3.8) is 0 Å². The fourth-order valence-electron chi connectivity index (χ4n) is 2.14. The molecule has 104 valence electrons. The van der Waals surface area contributed by atoms with Crippen LogP contribution >= 0.6 is 0 Å². The summed E-state index contributed by atoms with van der Waals surface area (Å²) in [6, 6.07) is 1.40. The summed E-state index contributed by atoms with van der Waals surface area (Å²) in [6.45, 7) is 3.58. The molecule has 7 nitrogen and oxygen atoms in total. The van der Waals surface area contributed by atoms with Crippen LogP contribution in [-0.4, -0.2) is 41.0 Å². The summed E-state index contributed by atoms with van der Waals surface area (Å²) in [5, 5.41) is 10.6. The highest BCUT2D eigenvalue weighted by Gasteiger charge is 2.13. The Balaban J connectivity index is 1.82. The molecule has 1 aromatic heterocycles. The monoisotopic (exact) mass is 266 g/mol. The van der Waals surface area contributed by atoms with Crippen LogP contribution in [0.3, 0.4) is 0 Å². The van der Waals surface area contributed by atoms with Gasteiger partial charge < -0.3 is 10.5 Å². The zero-order valence-electron chi connectivity index (χ0n) is 10.7. The predicted octanol–water partition coefficient (Wildman–Crippen LogP) is 1.44. The largest absolute Gasteiger partial charge is 0.476 e. The second-order valence-electron chi connectivity index (χ2n) is 4.59. The molecule has 1 aliphatic heterocycles. The molecule has 1 saturated heterocycles. The third-order valence-electron chi connectivity index (χ3n) is 3.19. The molecule has 1 aliphatic rings. The predicted molar refractivity (Wildman–Crippen MR) is 71.1 cm³/mol. The SMILES string of the molecule is Nc1cc(OCCN2CCCCC2)ncc1[N+](=O)[O-]. The number of anilines is 1. The second-order valence-corrected chi connectivity index (χ2v) is 4.59. The molecule has 0 unspecified atom stereocenters. The van der Waals surface area contributed by atoms with Crippen LogP contribution in [0.2, 0.25) is 0 Å². The smallest absolute Gasteiger partial charge is 0.310 e. The van der Waals surface area contributed by atoms with Crippen molar-refractivity contribution in [3.8, 4) is 5.88 Å². The fourth-order valence-corrected chi connectivity index (χ4v) is 2.14. The Morgan fingerprint density at radius 3 is 2.79 bits per heavy atom. The van der Waals surface area contributed by atoms with Crippen molar-refractivity contribution in [1.29, 1.82) is 0 Å². The zero-order chi connectivity index (χ0) is 13.7. The molecule has 19 heavy (non-hydrogen) atoms. The lowest BCUT2D eigenvalue weighted by atomic mass is 10.1. The lowest BCUT2D eigenvalue weighted by Gasteiger charge is -2.25. The quantitative estimate of drug-likeness (QED) is 0.640. The molecule has 7 heteroatoms. The van der Waals surface area contributed by atoms with Gasteiger partial charge in [0.2, 0.25) is 5.88 Å². The highest BCUT2D eigenvalue weighted by atomic mass is 16.6. The van der Waals surface area contributed by atoms with Crippen LogP contribution in [0, 0.1) is 10.1 Å². The van der Waals surface area contributed by atoms with E-state index in [1.54, 1.807) is 0 Å². The van der Waals surface area contributed by atoms with Crippen LogP contribution in [-0.2, 0) is 0 Å². The van der Waals surface area contributed by atoms with Crippen molar-refractivity contribution >= 4 is 11.4 Å². The number of nitrogens with zero attached hydrogens (tertiary/aromatic N) is 3. The molecule has 0 aliphatic carbocycles. The molecule has 1 aromatic rings. The van der Waals surface area contributed by atoms with E-state index in [1.807, 2.05) is 0 Å². The van der Waals surface area contributed by atoms with Crippen LogP contribution in [0.15, 0.2) is 12.3 Å². The Morgan fingerprint density at radius 2 is 2.16 bits per heavy atom. The number of nitrogen functional groups attached to an aromatic ring is 1. The van der Waals surface area contributed by atoms with Crippen molar-refractivity contribution in [2.45, 2.75) is 19.3 Å². The summed E-state index contributed by atoms with van der Waals surface area (Å²) >= 11 is 0. The van der Waals surface area contributed by atoms with Crippen LogP contribution in [0.5, 0.6) is 5.88 Å². The minimum absolute atomic E-state index is 0.0768. The number of ether oxygens (including phenoxy) is 1. The maximum absolute atomic E-state index is 10.6. The molecule has 0 radical (unpaired) electrons. The summed E-state index contributed by atoms with van der Waals surface area (Å²) < 4.78 is 5.47. The van der Waals surface area contributed by atoms with Gasteiger partial charge in [-0.05, 0) is 25.9 Å². The maximum atomic E-state index is 10.6. The molecular formula is C12H18N4O3. The zero-order valence-corrected chi connectivity index (χ0v) is 10.7. The van der Waals surface area contributed by atoms with Crippen molar-refractivity contribution in [1.82, 2.24) is 9.88 Å². The Bertz CT molecular complexity index is 447. The summed E-state index contributed by atoms with van der Waals surface area (Å²) in [5.41, 5.74) is 5.45. The van der Waals surface area contributed by atoms with Gasteiger partial charge in [0.25, 0.3) is 0 Å². The van der Waals surface area contributed by atoms with Gasteiger partial charge in [0.05, 0.1) is 4.92 Å². The van der Waals surface area contributed by atoms with Crippen molar-refractivity contribution < 1.29 is 9.66 Å². The lowest BCUT2D eigenvalue weighted by Crippen LogP contribution is -2.33. The topological polar surface area (TPSA) is 94.5 Å². The van der Waals surface area contributed by atoms with Crippen molar-refractivity contribution in [2.24, 2.45) is 0 Å². The lowest BCUT2D eigenvalue weighted by molar-refractivity contribution is -0.384. The third kappa shape index (κ3) is 3.78. The van der Waals surface area contributed by atoms with E-state index in [2.05, 4.69) is 9.88 Å². The van der Waals surface area contributed by atoms with E-state index in [-0.39, 0.29) is 11.4 Å². The number of likely N-dealkylation sites (tertiary alicyclic amines) is 1. The Hall–Kier alpha value is -1.89. The van der Waals surface area contributed by atoms with Crippen molar-refractivity contribution in [2.75, 3.05) is 32.0 Å². The molecule has 0 bridgehead atoms. The Labute approximate surface area is 111 Å². The van der Waals surface area contributed by atoms with Gasteiger partial charge in [0.1, 0.15) is 18.5 Å². The third-order valence-corrected chi connectivity index (χ3v) is 3.19. The number of hydrogen-bond donors (Lipinski definition) is 1. The van der Waals surface area contributed by atoms with Gasteiger partial charge in [0, 0.05) is 12.6 Å². The second kappa shape index (κ2) is 6.33. The number of aromatic nitrogens is 1. The molecule has 0 amide bonds. The van der Waals surface area contributed by atoms with E-state index in [4.69, 9.17) is 10.5 Å². The summed E-state index contributed by atoms with van der Waals surface area (Å²) in [5.74, 6) is 0.333. The van der Waals surface area contributed by atoms with Crippen LogP contribution < -0.4 is 10.5 Å². The van der Waals surface area contributed by atoms with Gasteiger partial charge in [-0.1, -0.05) is 6.42 Å². The van der Waals surface area contributed by atoms with E-state index < -0.39 is 4.92 Å². The van der Waals surface area contributed by atoms with Crippen LogP contribution in [0.25, 0.3) is 0 Å². The van der Waals surface area contributed by atoms with Gasteiger partial charge in [-0.3, -0.25) is 15.0 Å². The number of piperidine rings is 1. The van der Waals surface area contributed by atoms with E-state index in [1.165, 1.54) is 25.3 Å². The molecule has 0 aromatic carbocycles. The molecule has 0 atom stereocenters. The van der Waals surface area contributed by atoms with Crippen LogP contribution in [0.4, 0.5) is 11.4 Å². The highest BCUT2D eigenvalue weighted by molar-refractivity contribution is 5.57. The number of nitrogens with two attached hydrogens (primary N) is 1. The van der Waals surface area contributed by atoms with Gasteiger partial charge in [-0.2, -0.15) is 0 Å². The summed E-state index contributed by atoms with van der Waals surface area (Å²) in [7, 11) is 0. The molecule has 2 heterocycles. The van der Waals surface area contributed by atoms with Gasteiger partial charge in [-0.15, -0.1) is 0 Å². The normalized spacial score (nSPS) is 16.2. The molecule has 1 fully saturated rings. The summed E-state index contributed by atoms with van der Waals surface area (Å²) in [4.78, 5) is 16.3. The molecule has 2 rings (SSSR count). The first-order valence-corrected chi connectivity index (χ1v) is 6.42. The first-order valence-electron chi connectivity index (χ1n) is 6.42. The average molecular weight is 266 g/mol. The standard InChI is InChI=1S/C12H18N4O3/c13-10-8-12(14-9-11(10)16(17)18)19-7-6-15-4-2-1-3-5-15/h8-9H,1-7H2,(H2,13,14). The maximum Gasteiger partial charge on any atom is 0.310 e. The minimum Gasteiger partial charge on any atom is -0.476 e.